The van der Waals surface area contributed by atoms with Crippen molar-refractivity contribution in [2.45, 2.75) is 51.5 Å². The summed E-state index contributed by atoms with van der Waals surface area (Å²) < 4.78 is 21.7. The Labute approximate surface area is 233 Å². The van der Waals surface area contributed by atoms with Crippen LogP contribution in [0.2, 0.25) is 5.04 Å². The van der Waals surface area contributed by atoms with E-state index < -0.39 is 14.3 Å². The second-order valence-corrected chi connectivity index (χ2v) is 15.8. The quantitative estimate of drug-likeness (QED) is 0.293. The van der Waals surface area contributed by atoms with Crippen LogP contribution >= 0.6 is 0 Å². The van der Waals surface area contributed by atoms with Crippen molar-refractivity contribution in [3.63, 3.8) is 0 Å². The fourth-order valence-electron chi connectivity index (χ4n) is 5.77. The molecule has 0 saturated carbocycles. The first-order chi connectivity index (χ1) is 18.7. The Kier molecular flexibility index (Phi) is 9.46. The number of nitrogens with one attached hydrogen (secondary N) is 1. The summed E-state index contributed by atoms with van der Waals surface area (Å²) in [6.07, 6.45) is 3.06. The number of anilines is 2. The third-order valence-electron chi connectivity index (χ3n) is 7.85. The molecule has 0 spiro atoms. The molecular weight excluding hydrogens is 507 g/mol. The van der Waals surface area contributed by atoms with Gasteiger partial charge in [0, 0.05) is 31.9 Å². The van der Waals surface area contributed by atoms with Crippen molar-refractivity contribution in [3.8, 4) is 0 Å². The lowest BCUT2D eigenvalue weighted by atomic mass is 9.93. The Hall–Kier alpha value is -3.16. The van der Waals surface area contributed by atoms with Gasteiger partial charge in [-0.1, -0.05) is 81.4 Å². The SMILES string of the molecule is CC(C)(C)[Si](OCCC1CCN(c2ccc(NCCC(=O)O)c(F)c2)CC1)(c1ccccc1)c1ccccc1. The van der Waals surface area contributed by atoms with Crippen LogP contribution in [0.25, 0.3) is 0 Å². The van der Waals surface area contributed by atoms with Crippen LogP contribution in [0.3, 0.4) is 0 Å². The van der Waals surface area contributed by atoms with Gasteiger partial charge < -0.3 is 19.7 Å². The molecule has 3 aromatic carbocycles. The number of piperidine rings is 1. The molecule has 1 saturated heterocycles. The highest BCUT2D eigenvalue weighted by molar-refractivity contribution is 6.99. The fraction of sp³-hybridized carbons (Fsp3) is 0.406. The van der Waals surface area contributed by atoms with Crippen LogP contribution in [-0.2, 0) is 9.22 Å². The summed E-state index contributed by atoms with van der Waals surface area (Å²) >= 11 is 0. The van der Waals surface area contributed by atoms with E-state index in [4.69, 9.17) is 9.53 Å². The number of carbonyl (C=O) groups is 1. The van der Waals surface area contributed by atoms with E-state index in [1.54, 1.807) is 12.1 Å². The number of hydrogen-bond acceptors (Lipinski definition) is 4. The van der Waals surface area contributed by atoms with E-state index in [0.717, 1.165) is 44.6 Å². The van der Waals surface area contributed by atoms with Crippen LogP contribution in [0.1, 0.15) is 46.5 Å². The molecule has 1 aliphatic rings. The van der Waals surface area contributed by atoms with Crippen molar-refractivity contribution < 1.29 is 18.7 Å². The predicted octanol–water partition coefficient (Wildman–Crippen LogP) is 5.90. The minimum absolute atomic E-state index is 0.0300. The maximum Gasteiger partial charge on any atom is 0.305 e. The molecule has 7 heteroatoms. The molecule has 39 heavy (non-hydrogen) atoms. The van der Waals surface area contributed by atoms with Gasteiger partial charge in [0.05, 0.1) is 12.1 Å². The monoisotopic (exact) mass is 548 g/mol. The molecule has 3 aromatic rings. The van der Waals surface area contributed by atoms with E-state index in [9.17, 15) is 9.18 Å². The van der Waals surface area contributed by atoms with Crippen LogP contribution in [0.15, 0.2) is 78.9 Å². The number of halogens is 1. The third kappa shape index (κ3) is 6.89. The summed E-state index contributed by atoms with van der Waals surface area (Å²) in [6.45, 7) is 9.62. The molecule has 4 rings (SSSR count). The molecule has 0 amide bonds. The summed E-state index contributed by atoms with van der Waals surface area (Å²) in [7, 11) is -2.52. The molecule has 0 radical (unpaired) electrons. The molecule has 0 unspecified atom stereocenters. The second-order valence-electron chi connectivity index (χ2n) is 11.5. The first kappa shape index (κ1) is 28.8. The average molecular weight is 549 g/mol. The lowest BCUT2D eigenvalue weighted by Crippen LogP contribution is -2.66. The van der Waals surface area contributed by atoms with Crippen molar-refractivity contribution >= 4 is 36.0 Å². The molecule has 2 N–H and O–H groups in total. The van der Waals surface area contributed by atoms with Gasteiger partial charge >= 0.3 is 5.97 Å². The first-order valence-corrected chi connectivity index (χ1v) is 15.9. The van der Waals surface area contributed by atoms with Gasteiger partial charge in [-0.3, -0.25) is 4.79 Å². The minimum Gasteiger partial charge on any atom is -0.481 e. The van der Waals surface area contributed by atoms with Crippen molar-refractivity contribution in [3.05, 3.63) is 84.7 Å². The summed E-state index contributed by atoms with van der Waals surface area (Å²) in [5.41, 5.74) is 1.22. The molecule has 5 nitrogen and oxygen atoms in total. The average Bonchev–Trinajstić information content (AvgIpc) is 2.92. The zero-order chi connectivity index (χ0) is 27.9. The molecule has 1 aliphatic heterocycles. The highest BCUT2D eigenvalue weighted by atomic mass is 28.4. The number of rotatable bonds is 11. The Morgan fingerprint density at radius 1 is 1.00 bits per heavy atom. The lowest BCUT2D eigenvalue weighted by Gasteiger charge is -2.43. The van der Waals surface area contributed by atoms with Crippen LogP contribution in [0.5, 0.6) is 0 Å². The molecule has 0 bridgehead atoms. The largest absolute Gasteiger partial charge is 0.481 e. The topological polar surface area (TPSA) is 61.8 Å². The van der Waals surface area contributed by atoms with E-state index in [1.165, 1.54) is 10.4 Å². The van der Waals surface area contributed by atoms with Gasteiger partial charge in [0.1, 0.15) is 5.82 Å². The summed E-state index contributed by atoms with van der Waals surface area (Å²) in [5, 5.41) is 14.2. The third-order valence-corrected chi connectivity index (χ3v) is 12.9. The van der Waals surface area contributed by atoms with Gasteiger partial charge in [0.25, 0.3) is 8.32 Å². The number of carboxylic acids is 1. The Balaban J connectivity index is 1.37. The Morgan fingerprint density at radius 2 is 1.59 bits per heavy atom. The fourth-order valence-corrected chi connectivity index (χ4v) is 10.3. The molecular formula is C32H41FN2O3Si. The molecule has 1 fully saturated rings. The summed E-state index contributed by atoms with van der Waals surface area (Å²) in [6, 6.07) is 26.7. The molecule has 0 atom stereocenters. The van der Waals surface area contributed by atoms with Gasteiger partial charge in [-0.05, 0) is 58.8 Å². The van der Waals surface area contributed by atoms with Gasteiger partial charge in [-0.25, -0.2) is 4.39 Å². The molecule has 0 aromatic heterocycles. The van der Waals surface area contributed by atoms with Crippen LogP contribution in [-0.4, -0.2) is 45.6 Å². The number of aliphatic carboxylic acids is 1. The molecule has 0 aliphatic carbocycles. The zero-order valence-corrected chi connectivity index (χ0v) is 24.3. The van der Waals surface area contributed by atoms with Crippen molar-refractivity contribution in [2.75, 3.05) is 36.5 Å². The van der Waals surface area contributed by atoms with Gasteiger partial charge in [0.15, 0.2) is 0 Å². The van der Waals surface area contributed by atoms with E-state index in [-0.39, 0.29) is 23.8 Å². The summed E-state index contributed by atoms with van der Waals surface area (Å²) in [4.78, 5) is 12.9. The zero-order valence-electron chi connectivity index (χ0n) is 23.3. The number of benzene rings is 3. The number of carboxylic acid groups (broad SMARTS) is 1. The van der Waals surface area contributed by atoms with E-state index in [1.807, 2.05) is 6.07 Å². The maximum atomic E-state index is 14.6. The number of hydrogen-bond donors (Lipinski definition) is 2. The van der Waals surface area contributed by atoms with Gasteiger partial charge in [-0.2, -0.15) is 0 Å². The predicted molar refractivity (Wildman–Crippen MR) is 160 cm³/mol. The standard InChI is InChI=1S/C32H41FN2O3Si/c1-32(2,3)39(27-10-6-4-7-11-27,28-12-8-5-9-13-28)38-23-19-25-17-21-35(22-18-25)26-14-15-30(29(33)24-26)34-20-16-31(36)37/h4-15,24-25,34H,16-23H2,1-3H3,(H,36,37). The van der Waals surface area contributed by atoms with Crippen LogP contribution in [0, 0.1) is 11.7 Å². The number of nitrogens with zero attached hydrogens (tertiary/aromatic N) is 1. The first-order valence-electron chi connectivity index (χ1n) is 14.0. The van der Waals surface area contributed by atoms with E-state index in [2.05, 4.69) is 91.7 Å². The smallest absolute Gasteiger partial charge is 0.305 e. The minimum atomic E-state index is -2.52. The lowest BCUT2D eigenvalue weighted by molar-refractivity contribution is -0.136. The Morgan fingerprint density at radius 3 is 2.10 bits per heavy atom. The van der Waals surface area contributed by atoms with Crippen molar-refractivity contribution in [2.24, 2.45) is 5.92 Å². The molecule has 1 heterocycles. The van der Waals surface area contributed by atoms with E-state index >= 15 is 0 Å². The summed E-state index contributed by atoms with van der Waals surface area (Å²) in [5.74, 6) is -0.681. The van der Waals surface area contributed by atoms with Crippen molar-refractivity contribution in [1.82, 2.24) is 0 Å². The highest BCUT2D eigenvalue weighted by Gasteiger charge is 2.50. The second kappa shape index (κ2) is 12.8. The highest BCUT2D eigenvalue weighted by Crippen LogP contribution is 2.37. The van der Waals surface area contributed by atoms with Crippen LogP contribution < -0.4 is 20.6 Å². The maximum absolute atomic E-state index is 14.6. The van der Waals surface area contributed by atoms with Crippen LogP contribution in [0.4, 0.5) is 15.8 Å². The normalized spacial score (nSPS) is 14.8. The van der Waals surface area contributed by atoms with E-state index in [0.29, 0.717) is 11.6 Å². The van der Waals surface area contributed by atoms with Gasteiger partial charge in [-0.15, -0.1) is 0 Å². The Bertz CT molecular complexity index is 1170. The van der Waals surface area contributed by atoms with Crippen molar-refractivity contribution in [1.29, 1.82) is 0 Å². The van der Waals surface area contributed by atoms with Gasteiger partial charge in [0.2, 0.25) is 0 Å². The molecule has 208 valence electrons.